The molecule has 0 aromatic heterocycles. The van der Waals surface area contributed by atoms with Gasteiger partial charge in [0.1, 0.15) is 0 Å². The molecule has 0 amide bonds. The van der Waals surface area contributed by atoms with E-state index in [1.807, 2.05) is 0 Å². The van der Waals surface area contributed by atoms with E-state index in [1.54, 1.807) is 5.57 Å². The van der Waals surface area contributed by atoms with Crippen LogP contribution in [0.1, 0.15) is 83.4 Å². The lowest BCUT2D eigenvalue weighted by Crippen LogP contribution is -2.50. The van der Waals surface area contributed by atoms with Gasteiger partial charge in [-0.25, -0.2) is 0 Å². The predicted molar refractivity (Wildman–Crippen MR) is 148 cm³/mol. The third-order valence-corrected chi connectivity index (χ3v) is 8.61. The van der Waals surface area contributed by atoms with Gasteiger partial charge >= 0.3 is 0 Å². The van der Waals surface area contributed by atoms with Crippen molar-refractivity contribution in [3.05, 3.63) is 89.0 Å². The van der Waals surface area contributed by atoms with Gasteiger partial charge < -0.3 is 0 Å². The lowest BCUT2D eigenvalue weighted by Gasteiger charge is -2.52. The maximum absolute atomic E-state index is 2.77. The second-order valence-electron chi connectivity index (χ2n) is 11.8. The first-order chi connectivity index (χ1) is 16.2. The van der Waals surface area contributed by atoms with Crippen LogP contribution in [0.4, 0.5) is 0 Å². The van der Waals surface area contributed by atoms with Crippen molar-refractivity contribution in [1.29, 1.82) is 0 Å². The van der Waals surface area contributed by atoms with Crippen molar-refractivity contribution in [2.24, 2.45) is 10.8 Å². The first-order valence-corrected chi connectivity index (χ1v) is 13.5. The van der Waals surface area contributed by atoms with Crippen LogP contribution < -0.4 is 0 Å². The third-order valence-electron chi connectivity index (χ3n) is 8.61. The highest BCUT2D eigenvalue weighted by atomic mass is 15.1. The van der Waals surface area contributed by atoms with Crippen LogP contribution in [0.2, 0.25) is 0 Å². The van der Waals surface area contributed by atoms with Crippen molar-refractivity contribution in [2.45, 2.75) is 79.1 Å². The zero-order chi connectivity index (χ0) is 24.4. The molecule has 0 N–H and O–H groups in total. The number of allylic oxidation sites excluding steroid dienone is 2. The molecule has 1 heteroatoms. The molecule has 4 rings (SSSR count). The Morgan fingerprint density at radius 1 is 0.853 bits per heavy atom. The number of hydrogen-bond donors (Lipinski definition) is 0. The van der Waals surface area contributed by atoms with E-state index >= 15 is 0 Å². The normalized spacial score (nSPS) is 22.6. The van der Waals surface area contributed by atoms with E-state index in [2.05, 4.69) is 113 Å². The molecule has 2 aliphatic rings. The largest absolute Gasteiger partial charge is 0.298 e. The summed E-state index contributed by atoms with van der Waals surface area (Å²) in [5.74, 6) is 0. The Morgan fingerprint density at radius 2 is 1.50 bits per heavy atom. The second-order valence-corrected chi connectivity index (χ2v) is 11.8. The Bertz CT molecular complexity index is 1020. The monoisotopic (exact) mass is 455 g/mol. The Labute approximate surface area is 209 Å². The minimum Gasteiger partial charge on any atom is -0.298 e. The van der Waals surface area contributed by atoms with Gasteiger partial charge in [0.2, 0.25) is 0 Å². The fraction of sp³-hybridized carbons (Fsp3) is 0.515. The molecule has 1 aliphatic carbocycles. The van der Waals surface area contributed by atoms with Crippen molar-refractivity contribution in [3.8, 4) is 0 Å². The molecule has 0 radical (unpaired) electrons. The Balaban J connectivity index is 1.62. The van der Waals surface area contributed by atoms with Crippen molar-refractivity contribution in [2.75, 3.05) is 19.6 Å². The van der Waals surface area contributed by atoms with E-state index in [1.165, 1.54) is 47.9 Å². The van der Waals surface area contributed by atoms with Gasteiger partial charge in [-0.2, -0.15) is 0 Å². The molecule has 0 saturated carbocycles. The lowest BCUT2D eigenvalue weighted by molar-refractivity contribution is 0.127. The molecular formula is C33H45N. The molecule has 1 atom stereocenters. The zero-order valence-electron chi connectivity index (χ0n) is 22.5. The summed E-state index contributed by atoms with van der Waals surface area (Å²) in [6, 6.07) is 20.5. The van der Waals surface area contributed by atoms with Crippen LogP contribution in [0.3, 0.4) is 0 Å². The maximum atomic E-state index is 2.77. The fourth-order valence-electron chi connectivity index (χ4n) is 7.19. The van der Waals surface area contributed by atoms with Crippen LogP contribution in [0.15, 0.2) is 72.3 Å². The highest BCUT2D eigenvalue weighted by molar-refractivity contribution is 5.75. The summed E-state index contributed by atoms with van der Waals surface area (Å²) in [6.45, 7) is 17.7. The molecule has 0 bridgehead atoms. The molecule has 2 aromatic carbocycles. The molecule has 1 aliphatic heterocycles. The van der Waals surface area contributed by atoms with Gasteiger partial charge in [-0.05, 0) is 42.9 Å². The molecule has 0 fully saturated rings. The average Bonchev–Trinajstić information content (AvgIpc) is 2.80. The highest BCUT2D eigenvalue weighted by Crippen LogP contribution is 2.55. The van der Waals surface area contributed by atoms with Crippen molar-refractivity contribution >= 4 is 5.57 Å². The average molecular weight is 456 g/mol. The van der Waals surface area contributed by atoms with E-state index in [9.17, 15) is 0 Å². The predicted octanol–water partition coefficient (Wildman–Crippen LogP) is 8.59. The molecule has 34 heavy (non-hydrogen) atoms. The number of nitrogens with zero attached hydrogens (tertiary/aromatic N) is 1. The van der Waals surface area contributed by atoms with Crippen molar-refractivity contribution in [1.82, 2.24) is 4.90 Å². The van der Waals surface area contributed by atoms with Crippen LogP contribution in [0.5, 0.6) is 0 Å². The quantitative estimate of drug-likeness (QED) is 0.360. The van der Waals surface area contributed by atoms with Crippen LogP contribution in [0, 0.1) is 17.8 Å². The van der Waals surface area contributed by atoms with Crippen molar-refractivity contribution < 1.29 is 0 Å². The standard InChI is InChI=1S/C33H45N/c1-7-20-33(21-8-2,28-12-10-9-11-13-28)25-34-23-19-30-31(4,5)29(18-22-32(30,6)24-34)27-16-14-26(3)15-17-27/h9-19H,7-8,20-25H2,1-6H3. The van der Waals surface area contributed by atoms with Gasteiger partial charge in [-0.1, -0.05) is 125 Å². The van der Waals surface area contributed by atoms with E-state index in [4.69, 9.17) is 0 Å². The highest BCUT2D eigenvalue weighted by Gasteiger charge is 2.46. The Kier molecular flexibility index (Phi) is 7.25. The summed E-state index contributed by atoms with van der Waals surface area (Å²) in [4.78, 5) is 2.77. The molecule has 2 aromatic rings. The number of aryl methyl sites for hydroxylation is 1. The molecule has 1 unspecified atom stereocenters. The smallest absolute Gasteiger partial charge is 0.0167 e. The zero-order valence-corrected chi connectivity index (χ0v) is 22.5. The minimum atomic E-state index is 0.0672. The first-order valence-electron chi connectivity index (χ1n) is 13.5. The summed E-state index contributed by atoms with van der Waals surface area (Å²) >= 11 is 0. The van der Waals surface area contributed by atoms with E-state index in [-0.39, 0.29) is 16.2 Å². The number of rotatable bonds is 8. The van der Waals surface area contributed by atoms with Gasteiger partial charge in [0.05, 0.1) is 0 Å². The lowest BCUT2D eigenvalue weighted by atomic mass is 9.58. The molecule has 1 heterocycles. The fourth-order valence-corrected chi connectivity index (χ4v) is 7.19. The van der Waals surface area contributed by atoms with Crippen LogP contribution in [0.25, 0.3) is 5.57 Å². The number of hydrogen-bond acceptors (Lipinski definition) is 1. The number of fused-ring (bicyclic) bond motifs is 1. The number of benzene rings is 2. The van der Waals surface area contributed by atoms with Gasteiger partial charge in [0.15, 0.2) is 0 Å². The summed E-state index contributed by atoms with van der Waals surface area (Å²) < 4.78 is 0. The Hall–Kier alpha value is -2.12. The van der Waals surface area contributed by atoms with Gasteiger partial charge in [-0.3, -0.25) is 4.90 Å². The SMILES string of the molecule is CCCC(CCC)(CN1CC=C2C(C)(CC=C(c3ccc(C)cc3)C2(C)C)C1)c1ccccc1. The van der Waals surface area contributed by atoms with E-state index < -0.39 is 0 Å². The summed E-state index contributed by atoms with van der Waals surface area (Å²) in [5, 5.41) is 0. The van der Waals surface area contributed by atoms with Crippen LogP contribution >= 0.6 is 0 Å². The molecule has 182 valence electrons. The van der Waals surface area contributed by atoms with Gasteiger partial charge in [-0.15, -0.1) is 0 Å². The second kappa shape index (κ2) is 9.86. The Morgan fingerprint density at radius 3 is 2.12 bits per heavy atom. The minimum absolute atomic E-state index is 0.0672. The molecule has 1 nitrogen and oxygen atoms in total. The summed E-state index contributed by atoms with van der Waals surface area (Å²) in [5.41, 5.74) is 7.91. The van der Waals surface area contributed by atoms with Gasteiger partial charge in [0.25, 0.3) is 0 Å². The topological polar surface area (TPSA) is 3.24 Å². The molecule has 0 spiro atoms. The first kappa shape index (κ1) is 25.0. The van der Waals surface area contributed by atoms with Crippen LogP contribution in [-0.2, 0) is 5.41 Å². The van der Waals surface area contributed by atoms with E-state index in [0.29, 0.717) is 0 Å². The molecular weight excluding hydrogens is 410 g/mol. The summed E-state index contributed by atoms with van der Waals surface area (Å²) in [6.07, 6.45) is 11.3. The maximum Gasteiger partial charge on any atom is 0.0167 e. The molecule has 0 saturated heterocycles. The van der Waals surface area contributed by atoms with Crippen LogP contribution in [-0.4, -0.2) is 24.5 Å². The summed E-state index contributed by atoms with van der Waals surface area (Å²) in [7, 11) is 0. The third kappa shape index (κ3) is 4.69. The van der Waals surface area contributed by atoms with Gasteiger partial charge in [0, 0.05) is 35.9 Å². The van der Waals surface area contributed by atoms with Crippen molar-refractivity contribution in [3.63, 3.8) is 0 Å². The van der Waals surface area contributed by atoms with E-state index in [0.717, 1.165) is 26.1 Å².